The normalized spacial score (nSPS) is 14.7. The van der Waals surface area contributed by atoms with Gasteiger partial charge in [0.1, 0.15) is 5.69 Å². The van der Waals surface area contributed by atoms with Crippen molar-refractivity contribution >= 4 is 17.2 Å². The molecule has 2 aromatic heterocycles. The zero-order valence-corrected chi connectivity index (χ0v) is 20.7. The highest BCUT2D eigenvalue weighted by atomic mass is 19.4. The average molecular weight is 519 g/mol. The Hall–Kier alpha value is -4.20. The van der Waals surface area contributed by atoms with E-state index in [0.717, 1.165) is 38.3 Å². The van der Waals surface area contributed by atoms with Crippen molar-refractivity contribution in [2.45, 2.75) is 12.7 Å². The molecule has 0 radical (unpaired) electrons. The van der Waals surface area contributed by atoms with Crippen molar-refractivity contribution < 1.29 is 18.0 Å². The monoisotopic (exact) mass is 518 g/mol. The molecule has 38 heavy (non-hydrogen) atoms. The van der Waals surface area contributed by atoms with Gasteiger partial charge in [0.15, 0.2) is 5.65 Å². The molecule has 0 aliphatic carbocycles. The number of piperazine rings is 1. The van der Waals surface area contributed by atoms with Crippen molar-refractivity contribution in [1.29, 1.82) is 0 Å². The number of benzene rings is 2. The lowest BCUT2D eigenvalue weighted by atomic mass is 10.1. The predicted molar refractivity (Wildman–Crippen MR) is 138 cm³/mol. The number of fused-ring (bicyclic) bond motifs is 1. The standard InChI is InChI=1S/C28H25F3N6O/c1-35-9-11-36(12-10-35)19-21-14-23(28(29,30)31)16-24(15-21)34-27(38)22-4-2-3-20(13-22)5-6-25-17-33-26-18-32-7-8-37(25)26/h2-4,7-8,13-18H,9-12,19H2,1H3,(H,34,38). The highest BCUT2D eigenvalue weighted by Gasteiger charge is 2.31. The third-order valence-corrected chi connectivity index (χ3v) is 6.36. The summed E-state index contributed by atoms with van der Waals surface area (Å²) in [5.74, 6) is 5.53. The van der Waals surface area contributed by atoms with Gasteiger partial charge in [-0.25, -0.2) is 4.98 Å². The summed E-state index contributed by atoms with van der Waals surface area (Å²) in [6, 6.07) is 10.4. The van der Waals surface area contributed by atoms with Gasteiger partial charge in [-0.3, -0.25) is 19.1 Å². The maximum Gasteiger partial charge on any atom is 0.416 e. The minimum atomic E-state index is -4.53. The van der Waals surface area contributed by atoms with Gasteiger partial charge in [-0.2, -0.15) is 13.2 Å². The smallest absolute Gasteiger partial charge is 0.322 e. The van der Waals surface area contributed by atoms with E-state index in [4.69, 9.17) is 0 Å². The van der Waals surface area contributed by atoms with E-state index < -0.39 is 17.6 Å². The number of aromatic nitrogens is 3. The summed E-state index contributed by atoms with van der Waals surface area (Å²) in [7, 11) is 2.02. The van der Waals surface area contributed by atoms with Crippen molar-refractivity contribution in [1.82, 2.24) is 24.2 Å². The second-order valence-electron chi connectivity index (χ2n) is 9.23. The molecule has 2 aromatic carbocycles. The van der Waals surface area contributed by atoms with Crippen LogP contribution in [0.3, 0.4) is 0 Å². The molecule has 0 unspecified atom stereocenters. The number of alkyl halides is 3. The molecule has 1 N–H and O–H groups in total. The summed E-state index contributed by atoms with van der Waals surface area (Å²) in [6.45, 7) is 3.64. The zero-order chi connectivity index (χ0) is 26.7. The van der Waals surface area contributed by atoms with Gasteiger partial charge in [-0.05, 0) is 54.9 Å². The second-order valence-corrected chi connectivity index (χ2v) is 9.23. The van der Waals surface area contributed by atoms with Crippen LogP contribution in [0.1, 0.15) is 32.7 Å². The van der Waals surface area contributed by atoms with E-state index in [1.807, 2.05) is 7.05 Å². The van der Waals surface area contributed by atoms with E-state index in [0.29, 0.717) is 29.0 Å². The Bertz CT molecular complexity index is 1530. The van der Waals surface area contributed by atoms with Crippen LogP contribution >= 0.6 is 0 Å². The molecule has 1 aliphatic rings. The summed E-state index contributed by atoms with van der Waals surface area (Å²) in [5.41, 5.74) is 2.01. The van der Waals surface area contributed by atoms with Crippen LogP contribution < -0.4 is 5.32 Å². The van der Waals surface area contributed by atoms with Crippen LogP contribution in [-0.2, 0) is 12.7 Å². The molecule has 1 fully saturated rings. The lowest BCUT2D eigenvalue weighted by Gasteiger charge is -2.32. The van der Waals surface area contributed by atoms with Crippen LogP contribution in [0.2, 0.25) is 0 Å². The molecule has 7 nitrogen and oxygen atoms in total. The lowest BCUT2D eigenvalue weighted by molar-refractivity contribution is -0.137. The molecule has 1 aliphatic heterocycles. The topological polar surface area (TPSA) is 65.8 Å². The van der Waals surface area contributed by atoms with Crippen LogP contribution in [0.5, 0.6) is 0 Å². The van der Waals surface area contributed by atoms with E-state index in [1.54, 1.807) is 59.5 Å². The fourth-order valence-corrected chi connectivity index (χ4v) is 4.30. The zero-order valence-electron chi connectivity index (χ0n) is 20.7. The molecule has 194 valence electrons. The molecule has 10 heteroatoms. The number of imidazole rings is 1. The molecule has 0 saturated carbocycles. The molecular formula is C28H25F3N6O. The van der Waals surface area contributed by atoms with Crippen molar-refractivity contribution in [3.05, 3.63) is 95.2 Å². The highest BCUT2D eigenvalue weighted by Crippen LogP contribution is 2.32. The lowest BCUT2D eigenvalue weighted by Crippen LogP contribution is -2.43. The number of carbonyl (C=O) groups excluding carboxylic acids is 1. The summed E-state index contributed by atoms with van der Waals surface area (Å²) in [6.07, 6.45) is 2.12. The largest absolute Gasteiger partial charge is 0.416 e. The van der Waals surface area contributed by atoms with Crippen molar-refractivity contribution in [3.8, 4) is 11.8 Å². The van der Waals surface area contributed by atoms with E-state index in [2.05, 4.69) is 36.9 Å². The molecule has 0 atom stereocenters. The quantitative estimate of drug-likeness (QED) is 0.412. The SMILES string of the molecule is CN1CCN(Cc2cc(NC(=O)c3cccc(C#Cc4cnc5cnccn45)c3)cc(C(F)(F)F)c2)CC1. The third-order valence-electron chi connectivity index (χ3n) is 6.36. The van der Waals surface area contributed by atoms with Gasteiger partial charge in [-0.15, -0.1) is 0 Å². The third kappa shape index (κ3) is 6.02. The Morgan fingerprint density at radius 3 is 2.66 bits per heavy atom. The molecule has 1 amide bonds. The Balaban J connectivity index is 1.35. The van der Waals surface area contributed by atoms with Gasteiger partial charge in [0.05, 0.1) is 18.0 Å². The molecule has 0 bridgehead atoms. The molecule has 4 aromatic rings. The Morgan fingerprint density at radius 2 is 1.87 bits per heavy atom. The number of nitrogens with zero attached hydrogens (tertiary/aromatic N) is 5. The number of hydrogen-bond donors (Lipinski definition) is 1. The van der Waals surface area contributed by atoms with Gasteiger partial charge in [0, 0.05) is 61.9 Å². The van der Waals surface area contributed by atoms with Crippen LogP contribution in [0.15, 0.2) is 67.3 Å². The molecule has 0 spiro atoms. The van der Waals surface area contributed by atoms with Crippen molar-refractivity contribution in [2.24, 2.45) is 0 Å². The number of anilines is 1. The van der Waals surface area contributed by atoms with Gasteiger partial charge in [0.2, 0.25) is 0 Å². The molecular weight excluding hydrogens is 493 g/mol. The summed E-state index contributed by atoms with van der Waals surface area (Å²) < 4.78 is 42.7. The molecule has 3 heterocycles. The molecule has 5 rings (SSSR count). The van der Waals surface area contributed by atoms with E-state index in [9.17, 15) is 18.0 Å². The van der Waals surface area contributed by atoms with Gasteiger partial charge < -0.3 is 10.2 Å². The summed E-state index contributed by atoms with van der Waals surface area (Å²) >= 11 is 0. The fraction of sp³-hybridized carbons (Fsp3) is 0.250. The number of likely N-dealkylation sites (N-methyl/N-ethyl adjacent to an activating group) is 1. The number of nitrogens with one attached hydrogen (secondary N) is 1. The van der Waals surface area contributed by atoms with E-state index >= 15 is 0 Å². The number of amides is 1. The van der Waals surface area contributed by atoms with E-state index in [1.165, 1.54) is 0 Å². The number of carbonyl (C=O) groups is 1. The van der Waals surface area contributed by atoms with Gasteiger partial charge in [-0.1, -0.05) is 12.0 Å². The summed E-state index contributed by atoms with van der Waals surface area (Å²) in [4.78, 5) is 25.6. The fourth-order valence-electron chi connectivity index (χ4n) is 4.30. The Morgan fingerprint density at radius 1 is 1.05 bits per heavy atom. The maximum absolute atomic E-state index is 13.6. The van der Waals surface area contributed by atoms with Gasteiger partial charge >= 0.3 is 6.18 Å². The average Bonchev–Trinajstić information content (AvgIpc) is 3.31. The maximum atomic E-state index is 13.6. The number of hydrogen-bond acceptors (Lipinski definition) is 5. The van der Waals surface area contributed by atoms with Crippen molar-refractivity contribution in [2.75, 3.05) is 38.5 Å². The summed E-state index contributed by atoms with van der Waals surface area (Å²) in [5, 5.41) is 2.64. The minimum Gasteiger partial charge on any atom is -0.322 e. The Kier molecular flexibility index (Phi) is 7.13. The van der Waals surface area contributed by atoms with Crippen LogP contribution in [0, 0.1) is 11.8 Å². The number of halogens is 3. The molecule has 1 saturated heterocycles. The second kappa shape index (κ2) is 10.7. The predicted octanol–water partition coefficient (Wildman–Crippen LogP) is 4.15. The first kappa shape index (κ1) is 25.4. The van der Waals surface area contributed by atoms with Crippen LogP contribution in [-0.4, -0.2) is 63.3 Å². The van der Waals surface area contributed by atoms with Gasteiger partial charge in [0.25, 0.3) is 5.91 Å². The first-order valence-electron chi connectivity index (χ1n) is 12.1. The van der Waals surface area contributed by atoms with E-state index in [-0.39, 0.29) is 11.3 Å². The Labute approximate surface area is 217 Å². The van der Waals surface area contributed by atoms with Crippen LogP contribution in [0.25, 0.3) is 5.65 Å². The minimum absolute atomic E-state index is 0.102. The van der Waals surface area contributed by atoms with Crippen molar-refractivity contribution in [3.63, 3.8) is 0 Å². The first-order chi connectivity index (χ1) is 18.2. The highest BCUT2D eigenvalue weighted by molar-refractivity contribution is 6.04. The van der Waals surface area contributed by atoms with Crippen LogP contribution in [0.4, 0.5) is 18.9 Å². The number of rotatable bonds is 4. The first-order valence-corrected chi connectivity index (χ1v) is 12.1.